The van der Waals surface area contributed by atoms with Crippen LogP contribution in [0.1, 0.15) is 5.69 Å². The van der Waals surface area contributed by atoms with E-state index in [9.17, 15) is 4.79 Å². The molecular weight excluding hydrogens is 288 g/mol. The monoisotopic (exact) mass is 306 g/mol. The molecule has 0 unspecified atom stereocenters. The Morgan fingerprint density at radius 1 is 1.62 bits per heavy atom. The number of carbonyl (C=O) groups excluding carboxylic acids is 1. The first-order valence-corrected chi connectivity index (χ1v) is 7.77. The topological polar surface area (TPSA) is 70.2 Å². The standard InChI is InChI=1S/C14H18N4O2S/c1-18(14(19)12-8-15-4-5-20-12)9-10-7-11(17-16-10)13-3-2-6-21-13/h2-3,6-7,12,15H,4-5,8-9H2,1H3,(H,16,17)/t12-/m0/s1. The van der Waals surface area contributed by atoms with Crippen LogP contribution in [0.25, 0.3) is 10.6 Å². The number of likely N-dealkylation sites (N-methyl/N-ethyl adjacent to an activating group) is 1. The van der Waals surface area contributed by atoms with Gasteiger partial charge in [-0.3, -0.25) is 9.89 Å². The number of carbonyl (C=O) groups is 1. The fourth-order valence-corrected chi connectivity index (χ4v) is 2.98. The molecule has 0 saturated carbocycles. The second kappa shape index (κ2) is 6.38. The molecule has 1 fully saturated rings. The number of aromatic amines is 1. The third-order valence-electron chi connectivity index (χ3n) is 3.39. The van der Waals surface area contributed by atoms with Crippen molar-refractivity contribution < 1.29 is 9.53 Å². The maximum absolute atomic E-state index is 12.3. The smallest absolute Gasteiger partial charge is 0.253 e. The lowest BCUT2D eigenvalue weighted by Gasteiger charge is -2.26. The first-order chi connectivity index (χ1) is 10.2. The molecule has 1 aliphatic rings. The van der Waals surface area contributed by atoms with Gasteiger partial charge in [-0.25, -0.2) is 0 Å². The lowest BCUT2D eigenvalue weighted by molar-refractivity contribution is -0.144. The Balaban J connectivity index is 1.62. The zero-order chi connectivity index (χ0) is 14.7. The summed E-state index contributed by atoms with van der Waals surface area (Å²) in [5, 5.41) is 12.5. The third-order valence-corrected chi connectivity index (χ3v) is 4.28. The number of nitrogens with one attached hydrogen (secondary N) is 2. The predicted octanol–water partition coefficient (Wildman–Crippen LogP) is 1.08. The van der Waals surface area contributed by atoms with Gasteiger partial charge in [0, 0.05) is 20.1 Å². The largest absolute Gasteiger partial charge is 0.366 e. The Morgan fingerprint density at radius 3 is 3.24 bits per heavy atom. The van der Waals surface area contributed by atoms with Gasteiger partial charge in [-0.15, -0.1) is 11.3 Å². The van der Waals surface area contributed by atoms with Crippen LogP contribution >= 0.6 is 11.3 Å². The summed E-state index contributed by atoms with van der Waals surface area (Å²) in [6.45, 7) is 2.46. The van der Waals surface area contributed by atoms with Crippen molar-refractivity contribution in [2.45, 2.75) is 12.6 Å². The van der Waals surface area contributed by atoms with Crippen molar-refractivity contribution in [3.63, 3.8) is 0 Å². The molecule has 112 valence electrons. The van der Waals surface area contributed by atoms with Crippen LogP contribution in [-0.4, -0.2) is 53.9 Å². The van der Waals surface area contributed by atoms with Gasteiger partial charge in [0.1, 0.15) is 11.8 Å². The van der Waals surface area contributed by atoms with Crippen molar-refractivity contribution in [3.8, 4) is 10.6 Å². The number of hydrogen-bond acceptors (Lipinski definition) is 5. The number of aromatic nitrogens is 2. The van der Waals surface area contributed by atoms with Gasteiger partial charge < -0.3 is 15.0 Å². The number of ether oxygens (including phenoxy) is 1. The minimum atomic E-state index is -0.386. The molecule has 0 aliphatic carbocycles. The Bertz CT molecular complexity index is 590. The molecular formula is C14H18N4O2S. The zero-order valence-corrected chi connectivity index (χ0v) is 12.7. The molecule has 1 atom stereocenters. The Morgan fingerprint density at radius 2 is 2.52 bits per heavy atom. The summed E-state index contributed by atoms with van der Waals surface area (Å²) < 4.78 is 5.48. The van der Waals surface area contributed by atoms with Crippen LogP contribution in [0.3, 0.4) is 0 Å². The summed E-state index contributed by atoms with van der Waals surface area (Å²) in [5.74, 6) is -0.00512. The average Bonchev–Trinajstić information content (AvgIpc) is 3.18. The van der Waals surface area contributed by atoms with Crippen molar-refractivity contribution in [1.29, 1.82) is 0 Å². The van der Waals surface area contributed by atoms with E-state index in [-0.39, 0.29) is 12.0 Å². The molecule has 1 aliphatic heterocycles. The molecule has 2 N–H and O–H groups in total. The van der Waals surface area contributed by atoms with Crippen LogP contribution in [0.5, 0.6) is 0 Å². The highest BCUT2D eigenvalue weighted by Gasteiger charge is 2.25. The van der Waals surface area contributed by atoms with Crippen molar-refractivity contribution in [1.82, 2.24) is 20.4 Å². The third kappa shape index (κ3) is 3.31. The lowest BCUT2D eigenvalue weighted by atomic mass is 10.2. The van der Waals surface area contributed by atoms with Crippen molar-refractivity contribution >= 4 is 17.2 Å². The summed E-state index contributed by atoms with van der Waals surface area (Å²) in [4.78, 5) is 15.1. The molecule has 0 bridgehead atoms. The first-order valence-electron chi connectivity index (χ1n) is 6.89. The van der Waals surface area contributed by atoms with Crippen LogP contribution in [0, 0.1) is 0 Å². The number of hydrogen-bond donors (Lipinski definition) is 2. The predicted molar refractivity (Wildman–Crippen MR) is 81.0 cm³/mol. The lowest BCUT2D eigenvalue weighted by Crippen LogP contribution is -2.48. The summed E-state index contributed by atoms with van der Waals surface area (Å²) in [6, 6.07) is 6.01. The molecule has 3 heterocycles. The number of nitrogens with zero attached hydrogens (tertiary/aromatic N) is 2. The molecule has 1 amide bonds. The average molecular weight is 306 g/mol. The summed E-state index contributed by atoms with van der Waals surface area (Å²) in [5.41, 5.74) is 1.83. The van der Waals surface area contributed by atoms with Gasteiger partial charge in [-0.1, -0.05) is 6.07 Å². The molecule has 0 aromatic carbocycles. The quantitative estimate of drug-likeness (QED) is 0.887. The second-order valence-corrected chi connectivity index (χ2v) is 5.96. The van der Waals surface area contributed by atoms with Gasteiger partial charge in [0.25, 0.3) is 5.91 Å². The fourth-order valence-electron chi connectivity index (χ4n) is 2.30. The minimum Gasteiger partial charge on any atom is -0.366 e. The maximum atomic E-state index is 12.3. The molecule has 1 saturated heterocycles. The Kier molecular flexibility index (Phi) is 4.33. The maximum Gasteiger partial charge on any atom is 0.253 e. The minimum absolute atomic E-state index is 0.00512. The number of amides is 1. The molecule has 7 heteroatoms. The van der Waals surface area contributed by atoms with Crippen LogP contribution in [0.15, 0.2) is 23.6 Å². The molecule has 6 nitrogen and oxygen atoms in total. The highest BCUT2D eigenvalue weighted by Crippen LogP contribution is 2.23. The van der Waals surface area contributed by atoms with Gasteiger partial charge in [0.2, 0.25) is 0 Å². The van der Waals surface area contributed by atoms with E-state index in [0.717, 1.165) is 22.8 Å². The van der Waals surface area contributed by atoms with Gasteiger partial charge >= 0.3 is 0 Å². The molecule has 3 rings (SSSR count). The number of morpholine rings is 1. The summed E-state index contributed by atoms with van der Waals surface area (Å²) in [6.07, 6.45) is -0.386. The molecule has 0 spiro atoms. The molecule has 0 radical (unpaired) electrons. The number of rotatable bonds is 4. The van der Waals surface area contributed by atoms with Crippen LogP contribution in [0.4, 0.5) is 0 Å². The normalized spacial score (nSPS) is 18.6. The number of H-pyrrole nitrogens is 1. The summed E-state index contributed by atoms with van der Waals surface area (Å²) in [7, 11) is 1.78. The first kappa shape index (κ1) is 14.2. The van der Waals surface area contributed by atoms with Crippen molar-refractivity contribution in [2.24, 2.45) is 0 Å². The second-order valence-electron chi connectivity index (χ2n) is 5.01. The highest BCUT2D eigenvalue weighted by atomic mass is 32.1. The van der Waals surface area contributed by atoms with E-state index < -0.39 is 0 Å². The van der Waals surface area contributed by atoms with Crippen LogP contribution in [0.2, 0.25) is 0 Å². The Labute approximate surface area is 127 Å². The van der Waals surface area contributed by atoms with Gasteiger partial charge in [-0.05, 0) is 17.5 Å². The van der Waals surface area contributed by atoms with Gasteiger partial charge in [0.15, 0.2) is 0 Å². The molecule has 2 aromatic heterocycles. The van der Waals surface area contributed by atoms with E-state index in [1.807, 2.05) is 23.6 Å². The van der Waals surface area contributed by atoms with Crippen molar-refractivity contribution in [3.05, 3.63) is 29.3 Å². The summed E-state index contributed by atoms with van der Waals surface area (Å²) >= 11 is 1.65. The SMILES string of the molecule is CN(Cc1cc(-c2cccs2)n[nH]1)C(=O)[C@@H]1CNCCO1. The van der Waals surface area contributed by atoms with E-state index >= 15 is 0 Å². The number of thiophene rings is 1. The van der Waals surface area contributed by atoms with Gasteiger partial charge in [-0.2, -0.15) is 5.10 Å². The van der Waals surface area contributed by atoms with E-state index in [4.69, 9.17) is 4.74 Å². The van der Waals surface area contributed by atoms with E-state index in [1.165, 1.54) is 0 Å². The molecule has 2 aromatic rings. The van der Waals surface area contributed by atoms with E-state index in [1.54, 1.807) is 23.3 Å². The van der Waals surface area contributed by atoms with Gasteiger partial charge in [0.05, 0.1) is 23.7 Å². The highest BCUT2D eigenvalue weighted by molar-refractivity contribution is 7.13. The van der Waals surface area contributed by atoms with E-state index in [2.05, 4.69) is 15.5 Å². The zero-order valence-electron chi connectivity index (χ0n) is 11.8. The molecule has 21 heavy (non-hydrogen) atoms. The van der Waals surface area contributed by atoms with Crippen LogP contribution in [-0.2, 0) is 16.1 Å². The van der Waals surface area contributed by atoms with E-state index in [0.29, 0.717) is 19.7 Å². The van der Waals surface area contributed by atoms with Crippen LogP contribution < -0.4 is 5.32 Å². The fraction of sp³-hybridized carbons (Fsp3) is 0.429. The van der Waals surface area contributed by atoms with Crippen molar-refractivity contribution in [2.75, 3.05) is 26.7 Å². The Hall–Kier alpha value is -1.70.